The van der Waals surface area contributed by atoms with Crippen LogP contribution in [-0.4, -0.2) is 31.8 Å². The zero-order chi connectivity index (χ0) is 16.9. The molecule has 0 heterocycles. The maximum absolute atomic E-state index is 10.8. The number of unbranched alkanes of at least 4 members (excludes halogenated alkanes) is 7. The van der Waals surface area contributed by atoms with Crippen molar-refractivity contribution < 1.29 is 21.9 Å². The lowest BCUT2D eigenvalue weighted by Gasteiger charge is -2.29. The molecule has 6 heteroatoms. The molecule has 0 aliphatic heterocycles. The van der Waals surface area contributed by atoms with Crippen molar-refractivity contribution >= 4 is 10.4 Å². The van der Waals surface area contributed by atoms with Crippen LogP contribution in [0.25, 0.3) is 0 Å². The summed E-state index contributed by atoms with van der Waals surface area (Å²) in [5.74, 6) is 0. The molecular weight excluding hydrogens is 304 g/mol. The minimum absolute atomic E-state index is 0.132. The molecule has 0 spiro atoms. The maximum Gasteiger partial charge on any atom is 0.397 e. The number of ether oxygens (including phenoxy) is 1. The van der Waals surface area contributed by atoms with E-state index in [2.05, 4.69) is 18.0 Å². The van der Waals surface area contributed by atoms with Crippen molar-refractivity contribution in [3.05, 3.63) is 0 Å². The van der Waals surface area contributed by atoms with Gasteiger partial charge in [0.1, 0.15) is 0 Å². The van der Waals surface area contributed by atoms with Crippen LogP contribution in [0.2, 0.25) is 0 Å². The van der Waals surface area contributed by atoms with Gasteiger partial charge < -0.3 is 4.74 Å². The zero-order valence-electron chi connectivity index (χ0n) is 14.5. The Labute approximate surface area is 136 Å². The van der Waals surface area contributed by atoms with Gasteiger partial charge in [-0.05, 0) is 19.8 Å². The first-order chi connectivity index (χ1) is 10.3. The van der Waals surface area contributed by atoms with Gasteiger partial charge in [-0.3, -0.25) is 4.55 Å². The van der Waals surface area contributed by atoms with Crippen LogP contribution in [0, 0.1) is 0 Å². The van der Waals surface area contributed by atoms with Crippen LogP contribution in [0.3, 0.4) is 0 Å². The van der Waals surface area contributed by atoms with Crippen LogP contribution in [0.15, 0.2) is 0 Å². The number of hydrogen-bond donors (Lipinski definition) is 1. The van der Waals surface area contributed by atoms with E-state index in [9.17, 15) is 8.42 Å². The third-order valence-corrected chi connectivity index (χ3v) is 4.19. The second-order valence-electron chi connectivity index (χ2n) is 6.21. The van der Waals surface area contributed by atoms with E-state index in [0.29, 0.717) is 6.61 Å². The molecule has 1 unspecified atom stereocenters. The molecule has 0 aromatic heterocycles. The van der Waals surface area contributed by atoms with Crippen molar-refractivity contribution in [2.75, 3.05) is 13.2 Å². The summed E-state index contributed by atoms with van der Waals surface area (Å²) < 4.78 is 40.8. The van der Waals surface area contributed by atoms with Crippen LogP contribution in [0.1, 0.15) is 85.0 Å². The monoisotopic (exact) mass is 338 g/mol. The summed E-state index contributed by atoms with van der Waals surface area (Å²) in [7, 11) is -4.42. The maximum atomic E-state index is 10.8. The fourth-order valence-corrected chi connectivity index (χ4v) is 2.73. The van der Waals surface area contributed by atoms with Crippen molar-refractivity contribution in [1.29, 1.82) is 0 Å². The normalized spacial score (nSPS) is 14.9. The van der Waals surface area contributed by atoms with Gasteiger partial charge in [0, 0.05) is 6.61 Å². The summed E-state index contributed by atoms with van der Waals surface area (Å²) in [6.07, 6.45) is 10.8. The van der Waals surface area contributed by atoms with Gasteiger partial charge in [-0.2, -0.15) is 8.42 Å². The molecule has 5 nitrogen and oxygen atoms in total. The highest BCUT2D eigenvalue weighted by Gasteiger charge is 2.27. The molecular formula is C16H34O5S. The van der Waals surface area contributed by atoms with E-state index in [1.807, 2.05) is 6.92 Å². The molecule has 0 saturated heterocycles. The summed E-state index contributed by atoms with van der Waals surface area (Å²) in [5.41, 5.74) is -0.659. The van der Waals surface area contributed by atoms with Gasteiger partial charge in [-0.25, -0.2) is 4.18 Å². The van der Waals surface area contributed by atoms with Crippen molar-refractivity contribution in [3.8, 4) is 0 Å². The topological polar surface area (TPSA) is 72.8 Å². The summed E-state index contributed by atoms with van der Waals surface area (Å²) in [4.78, 5) is 0. The molecule has 1 atom stereocenters. The second-order valence-corrected chi connectivity index (χ2v) is 7.30. The van der Waals surface area contributed by atoms with Gasteiger partial charge in [-0.1, -0.05) is 65.2 Å². The van der Waals surface area contributed by atoms with Gasteiger partial charge in [0.2, 0.25) is 0 Å². The van der Waals surface area contributed by atoms with Crippen molar-refractivity contribution in [2.24, 2.45) is 0 Å². The van der Waals surface area contributed by atoms with Crippen molar-refractivity contribution in [3.63, 3.8) is 0 Å². The Hall–Kier alpha value is -0.170. The molecule has 22 heavy (non-hydrogen) atoms. The van der Waals surface area contributed by atoms with E-state index in [1.54, 1.807) is 0 Å². The summed E-state index contributed by atoms with van der Waals surface area (Å²) in [6, 6.07) is 0. The lowest BCUT2D eigenvalue weighted by atomic mass is 9.98. The molecule has 0 bridgehead atoms. The van der Waals surface area contributed by atoms with Gasteiger partial charge in [0.05, 0.1) is 12.2 Å². The smallest absolute Gasteiger partial charge is 0.373 e. The quantitative estimate of drug-likeness (QED) is 0.351. The molecule has 0 fully saturated rings. The number of hydrogen-bond acceptors (Lipinski definition) is 4. The fourth-order valence-electron chi connectivity index (χ4n) is 2.34. The Kier molecular flexibility index (Phi) is 12.2. The van der Waals surface area contributed by atoms with Crippen molar-refractivity contribution in [2.45, 2.75) is 90.6 Å². The third-order valence-electron chi connectivity index (χ3n) is 3.77. The average molecular weight is 339 g/mol. The molecule has 0 radical (unpaired) electrons. The van der Waals surface area contributed by atoms with E-state index in [1.165, 1.54) is 32.1 Å². The minimum Gasteiger partial charge on any atom is -0.373 e. The van der Waals surface area contributed by atoms with Crippen LogP contribution >= 0.6 is 0 Å². The minimum atomic E-state index is -4.42. The highest BCUT2D eigenvalue weighted by molar-refractivity contribution is 7.80. The van der Waals surface area contributed by atoms with E-state index in [-0.39, 0.29) is 6.61 Å². The van der Waals surface area contributed by atoms with Gasteiger partial charge in [0.15, 0.2) is 0 Å². The zero-order valence-corrected chi connectivity index (χ0v) is 15.3. The van der Waals surface area contributed by atoms with Crippen LogP contribution < -0.4 is 0 Å². The Morgan fingerprint density at radius 1 is 0.909 bits per heavy atom. The molecule has 0 aliphatic rings. The van der Waals surface area contributed by atoms with Gasteiger partial charge in [0.25, 0.3) is 0 Å². The first kappa shape index (κ1) is 21.8. The predicted molar refractivity (Wildman–Crippen MR) is 89.4 cm³/mol. The summed E-state index contributed by atoms with van der Waals surface area (Å²) in [6.45, 7) is 6.65. The Bertz CT molecular complexity index is 340. The first-order valence-corrected chi connectivity index (χ1v) is 9.95. The molecule has 0 rings (SSSR count). The molecule has 0 saturated carbocycles. The predicted octanol–water partition coefficient (Wildman–Crippen LogP) is 4.52. The lowest BCUT2D eigenvalue weighted by Crippen LogP contribution is -2.36. The Morgan fingerprint density at radius 3 is 2.00 bits per heavy atom. The lowest BCUT2D eigenvalue weighted by molar-refractivity contribution is -0.0686. The molecule has 0 aromatic carbocycles. The number of rotatable bonds is 15. The largest absolute Gasteiger partial charge is 0.397 e. The third kappa shape index (κ3) is 13.5. The molecule has 1 N–H and O–H groups in total. The summed E-state index contributed by atoms with van der Waals surface area (Å²) in [5, 5.41) is 0. The van der Waals surface area contributed by atoms with Crippen LogP contribution in [0.4, 0.5) is 0 Å². The van der Waals surface area contributed by atoms with E-state index in [0.717, 1.165) is 32.1 Å². The summed E-state index contributed by atoms with van der Waals surface area (Å²) >= 11 is 0. The van der Waals surface area contributed by atoms with Gasteiger partial charge in [-0.15, -0.1) is 0 Å². The van der Waals surface area contributed by atoms with E-state index >= 15 is 0 Å². The van der Waals surface area contributed by atoms with E-state index in [4.69, 9.17) is 9.29 Å². The first-order valence-electron chi connectivity index (χ1n) is 8.59. The van der Waals surface area contributed by atoms with E-state index < -0.39 is 16.0 Å². The molecule has 134 valence electrons. The second kappa shape index (κ2) is 12.3. The van der Waals surface area contributed by atoms with Crippen molar-refractivity contribution in [1.82, 2.24) is 0 Å². The standard InChI is InChI=1S/C16H34O5S/c1-4-6-8-10-11-13-16(3,15-21-22(17,18)19)20-14-12-9-7-5-2/h4-15H2,1-3H3,(H,17,18,19). The molecule has 0 aliphatic carbocycles. The SMILES string of the molecule is CCCCCCCC(C)(COS(=O)(=O)O)OCCCCCC. The highest BCUT2D eigenvalue weighted by atomic mass is 32.3. The van der Waals surface area contributed by atoms with Crippen LogP contribution in [-0.2, 0) is 19.3 Å². The average Bonchev–Trinajstić information content (AvgIpc) is 2.44. The fraction of sp³-hybridized carbons (Fsp3) is 1.00. The molecule has 0 aromatic rings. The molecule has 0 amide bonds. The van der Waals surface area contributed by atoms with Crippen LogP contribution in [0.5, 0.6) is 0 Å². The Balaban J connectivity index is 4.22. The highest BCUT2D eigenvalue weighted by Crippen LogP contribution is 2.22. The van der Waals surface area contributed by atoms with Gasteiger partial charge >= 0.3 is 10.4 Å². The Morgan fingerprint density at radius 2 is 1.45 bits per heavy atom.